The molecule has 0 aliphatic carbocycles. The maximum atomic E-state index is 14.3. The zero-order chi connectivity index (χ0) is 15.5. The summed E-state index contributed by atoms with van der Waals surface area (Å²) in [5.74, 6) is -0.356. The van der Waals surface area contributed by atoms with Gasteiger partial charge in [-0.15, -0.1) is 0 Å². The summed E-state index contributed by atoms with van der Waals surface area (Å²) < 4.78 is 52.0. The second-order valence-corrected chi connectivity index (χ2v) is 4.81. The van der Waals surface area contributed by atoms with Crippen LogP contribution in [-0.4, -0.2) is 30.8 Å². The molecule has 0 amide bonds. The summed E-state index contributed by atoms with van der Waals surface area (Å²) in [6.07, 6.45) is -1.87. The molecule has 0 spiro atoms. The molecule has 3 nitrogen and oxygen atoms in total. The molecule has 2 heterocycles. The summed E-state index contributed by atoms with van der Waals surface area (Å²) in [4.78, 5) is 5.50. The monoisotopic (exact) mass is 303 g/mol. The van der Waals surface area contributed by atoms with Crippen LogP contribution in [0.3, 0.4) is 0 Å². The number of aromatic nitrogens is 1. The molecular formula is C14H17F4N3. The first-order valence-electron chi connectivity index (χ1n) is 6.78. The Labute approximate surface area is 120 Å². The Balaban J connectivity index is 2.15. The van der Waals surface area contributed by atoms with E-state index in [2.05, 4.69) is 10.3 Å². The van der Waals surface area contributed by atoms with Gasteiger partial charge in [0.15, 0.2) is 11.6 Å². The van der Waals surface area contributed by atoms with Crippen LogP contribution >= 0.6 is 0 Å². The number of hydrogen-bond acceptors (Lipinski definition) is 3. The lowest BCUT2D eigenvalue weighted by molar-refractivity contribution is -0.0944. The minimum atomic E-state index is -4.30. The van der Waals surface area contributed by atoms with Crippen molar-refractivity contribution in [2.45, 2.75) is 26.1 Å². The van der Waals surface area contributed by atoms with E-state index in [1.165, 1.54) is 11.1 Å². The van der Waals surface area contributed by atoms with E-state index in [1.54, 1.807) is 6.07 Å². The predicted molar refractivity (Wildman–Crippen MR) is 72.5 cm³/mol. The van der Waals surface area contributed by atoms with Crippen molar-refractivity contribution in [3.05, 3.63) is 35.3 Å². The van der Waals surface area contributed by atoms with Crippen molar-refractivity contribution in [2.75, 3.05) is 24.5 Å². The van der Waals surface area contributed by atoms with Gasteiger partial charge in [0.05, 0.1) is 0 Å². The third-order valence-corrected chi connectivity index (χ3v) is 3.39. The van der Waals surface area contributed by atoms with E-state index in [9.17, 15) is 17.6 Å². The average molecular weight is 303 g/mol. The maximum Gasteiger partial charge on any atom is 0.412 e. The van der Waals surface area contributed by atoms with E-state index in [-0.39, 0.29) is 25.3 Å². The molecule has 1 aliphatic rings. The van der Waals surface area contributed by atoms with E-state index in [4.69, 9.17) is 0 Å². The maximum absolute atomic E-state index is 14.3. The third-order valence-electron chi connectivity index (χ3n) is 3.39. The Kier molecular flexibility index (Phi) is 4.82. The molecule has 0 bridgehead atoms. The minimum Gasteiger partial charge on any atom is -0.350 e. The second kappa shape index (κ2) is 6.43. The van der Waals surface area contributed by atoms with Gasteiger partial charge in [-0.25, -0.2) is 9.37 Å². The molecule has 1 aliphatic heterocycles. The van der Waals surface area contributed by atoms with E-state index < -0.39 is 17.6 Å². The first-order chi connectivity index (χ1) is 9.93. The summed E-state index contributed by atoms with van der Waals surface area (Å²) >= 11 is 0. The van der Waals surface area contributed by atoms with Gasteiger partial charge < -0.3 is 10.2 Å². The Morgan fingerprint density at radius 3 is 2.71 bits per heavy atom. The van der Waals surface area contributed by atoms with Crippen molar-refractivity contribution >= 4 is 5.82 Å². The standard InChI is InChI=1S/C14H17F4N3/c1-2-19-9-10-3-6-20-13(12(10)15)21-7-4-11(5-8-21)14(16,17)18/h3-4,6,19H,2,5,7-9H2,1H3. The first-order valence-corrected chi connectivity index (χ1v) is 6.78. The zero-order valence-electron chi connectivity index (χ0n) is 11.7. The fourth-order valence-corrected chi connectivity index (χ4v) is 2.21. The topological polar surface area (TPSA) is 28.2 Å². The lowest BCUT2D eigenvalue weighted by atomic mass is 10.1. The highest BCUT2D eigenvalue weighted by atomic mass is 19.4. The van der Waals surface area contributed by atoms with Crippen molar-refractivity contribution in [2.24, 2.45) is 0 Å². The number of halogens is 4. The highest BCUT2D eigenvalue weighted by Gasteiger charge is 2.35. The Bertz CT molecular complexity index is 525. The fourth-order valence-electron chi connectivity index (χ4n) is 2.21. The highest BCUT2D eigenvalue weighted by Crippen LogP contribution is 2.31. The predicted octanol–water partition coefficient (Wildman–Crippen LogP) is 3.03. The molecule has 0 aromatic carbocycles. The number of pyridine rings is 1. The van der Waals surface area contributed by atoms with Crippen LogP contribution in [0.1, 0.15) is 18.9 Å². The van der Waals surface area contributed by atoms with E-state index in [0.29, 0.717) is 18.7 Å². The molecule has 21 heavy (non-hydrogen) atoms. The molecule has 0 atom stereocenters. The second-order valence-electron chi connectivity index (χ2n) is 4.81. The lowest BCUT2D eigenvalue weighted by Gasteiger charge is -2.28. The number of anilines is 1. The molecule has 1 aromatic heterocycles. The van der Waals surface area contributed by atoms with Gasteiger partial charge in [0.1, 0.15) is 0 Å². The molecule has 0 fully saturated rings. The third kappa shape index (κ3) is 3.72. The van der Waals surface area contributed by atoms with E-state index in [1.807, 2.05) is 6.92 Å². The number of alkyl halides is 3. The van der Waals surface area contributed by atoms with Crippen molar-refractivity contribution in [3.8, 4) is 0 Å². The molecule has 0 saturated heterocycles. The molecule has 0 unspecified atom stereocenters. The summed E-state index contributed by atoms with van der Waals surface area (Å²) in [5.41, 5.74) is -0.0876. The molecule has 7 heteroatoms. The summed E-state index contributed by atoms with van der Waals surface area (Å²) in [7, 11) is 0. The average Bonchev–Trinajstić information content (AvgIpc) is 2.45. The molecule has 1 aromatic rings. The van der Waals surface area contributed by atoms with Crippen molar-refractivity contribution in [1.82, 2.24) is 10.3 Å². The molecule has 0 radical (unpaired) electrons. The van der Waals surface area contributed by atoms with Crippen LogP contribution in [0.25, 0.3) is 0 Å². The Hall–Kier alpha value is -1.63. The molecule has 2 rings (SSSR count). The van der Waals surface area contributed by atoms with E-state index >= 15 is 0 Å². The van der Waals surface area contributed by atoms with Gasteiger partial charge in [0, 0.05) is 37.0 Å². The Morgan fingerprint density at radius 2 is 2.14 bits per heavy atom. The van der Waals surface area contributed by atoms with Gasteiger partial charge in [-0.05, 0) is 19.0 Å². The smallest absolute Gasteiger partial charge is 0.350 e. The zero-order valence-corrected chi connectivity index (χ0v) is 11.7. The van der Waals surface area contributed by atoms with Gasteiger partial charge in [-0.3, -0.25) is 0 Å². The number of hydrogen-bond donors (Lipinski definition) is 1. The number of nitrogens with zero attached hydrogens (tertiary/aromatic N) is 2. The van der Waals surface area contributed by atoms with Crippen LogP contribution in [0.15, 0.2) is 23.9 Å². The molecular weight excluding hydrogens is 286 g/mol. The van der Waals surface area contributed by atoms with Gasteiger partial charge >= 0.3 is 6.18 Å². The molecule has 1 N–H and O–H groups in total. The molecule has 0 saturated carbocycles. The van der Waals surface area contributed by atoms with Gasteiger partial charge in [0.25, 0.3) is 0 Å². The van der Waals surface area contributed by atoms with Crippen LogP contribution in [0, 0.1) is 5.82 Å². The van der Waals surface area contributed by atoms with Gasteiger partial charge in [-0.1, -0.05) is 13.0 Å². The number of nitrogens with one attached hydrogen (secondary N) is 1. The largest absolute Gasteiger partial charge is 0.412 e. The van der Waals surface area contributed by atoms with Crippen LogP contribution < -0.4 is 10.2 Å². The summed E-state index contributed by atoms with van der Waals surface area (Å²) in [6.45, 7) is 3.12. The van der Waals surface area contributed by atoms with Crippen LogP contribution in [-0.2, 0) is 6.54 Å². The SMILES string of the molecule is CCNCc1ccnc(N2CC=C(C(F)(F)F)CC2)c1F. The van der Waals surface area contributed by atoms with Gasteiger partial charge in [-0.2, -0.15) is 13.2 Å². The van der Waals surface area contributed by atoms with Crippen molar-refractivity contribution in [3.63, 3.8) is 0 Å². The number of rotatable bonds is 4. The van der Waals surface area contributed by atoms with Crippen LogP contribution in [0.4, 0.5) is 23.4 Å². The minimum absolute atomic E-state index is 0.0173. The van der Waals surface area contributed by atoms with Crippen molar-refractivity contribution in [1.29, 1.82) is 0 Å². The van der Waals surface area contributed by atoms with Gasteiger partial charge in [0.2, 0.25) is 0 Å². The van der Waals surface area contributed by atoms with Crippen molar-refractivity contribution < 1.29 is 17.6 Å². The first kappa shape index (κ1) is 15.8. The molecule has 116 valence electrons. The quantitative estimate of drug-likeness (QED) is 0.684. The van der Waals surface area contributed by atoms with E-state index in [0.717, 1.165) is 6.08 Å². The fraction of sp³-hybridized carbons (Fsp3) is 0.500. The van der Waals surface area contributed by atoms with Crippen LogP contribution in [0.2, 0.25) is 0 Å². The lowest BCUT2D eigenvalue weighted by Crippen LogP contribution is -2.33. The summed E-state index contributed by atoms with van der Waals surface area (Å²) in [5, 5.41) is 3.02. The van der Waals surface area contributed by atoms with Crippen LogP contribution in [0.5, 0.6) is 0 Å². The summed E-state index contributed by atoms with van der Waals surface area (Å²) in [6, 6.07) is 1.57. The normalized spacial score (nSPS) is 16.0. The Morgan fingerprint density at radius 1 is 1.38 bits per heavy atom. The highest BCUT2D eigenvalue weighted by molar-refractivity contribution is 5.45.